The van der Waals surface area contributed by atoms with Gasteiger partial charge in [-0.2, -0.15) is 5.43 Å². The number of nitrogens with zero attached hydrogens (tertiary/aromatic N) is 1. The number of rotatable bonds is 4. The molecule has 0 rings (SSSR count). The minimum Gasteiger partial charge on any atom is -0.238 e. The molecule has 0 spiro atoms. The third-order valence-electron chi connectivity index (χ3n) is 0.685. The molecule has 49 valence electrons. The molecule has 0 aliphatic rings. The van der Waals surface area contributed by atoms with Crippen molar-refractivity contribution in [3.05, 3.63) is 0 Å². The molecule has 1 N–H and O–H groups in total. The zero-order valence-corrected chi connectivity index (χ0v) is 5.94. The van der Waals surface area contributed by atoms with Gasteiger partial charge in [-0.1, -0.05) is 6.92 Å². The van der Waals surface area contributed by atoms with Gasteiger partial charge in [-0.25, -0.2) is 5.43 Å². The second-order valence-electron chi connectivity index (χ2n) is 2.17. The van der Waals surface area contributed by atoms with Gasteiger partial charge in [-0.05, 0) is 20.3 Å². The van der Waals surface area contributed by atoms with E-state index in [0.29, 0.717) is 6.04 Å². The molecule has 0 amide bonds. The van der Waals surface area contributed by atoms with E-state index in [1.54, 1.807) is 0 Å². The Kier molecular flexibility index (Phi) is 5.01. The summed E-state index contributed by atoms with van der Waals surface area (Å²) >= 11 is 0. The van der Waals surface area contributed by atoms with Gasteiger partial charge in [0.05, 0.1) is 0 Å². The van der Waals surface area contributed by atoms with E-state index in [2.05, 4.69) is 31.6 Å². The van der Waals surface area contributed by atoms with Gasteiger partial charge >= 0.3 is 0 Å². The van der Waals surface area contributed by atoms with E-state index >= 15 is 0 Å². The highest BCUT2D eigenvalue weighted by atomic mass is 15.4. The van der Waals surface area contributed by atoms with Crippen molar-refractivity contribution in [1.29, 1.82) is 0 Å². The topological polar surface area (TPSA) is 26.1 Å². The second kappa shape index (κ2) is 5.06. The van der Waals surface area contributed by atoms with Crippen molar-refractivity contribution in [1.82, 2.24) is 10.9 Å². The van der Waals surface area contributed by atoms with Gasteiger partial charge < -0.3 is 0 Å². The van der Waals surface area contributed by atoms with E-state index in [-0.39, 0.29) is 0 Å². The highest BCUT2D eigenvalue weighted by Crippen LogP contribution is 1.73. The summed E-state index contributed by atoms with van der Waals surface area (Å²) in [6.45, 7) is 7.21. The summed E-state index contributed by atoms with van der Waals surface area (Å²) in [7, 11) is 0. The largest absolute Gasteiger partial charge is 0.238 e. The molecule has 0 saturated heterocycles. The fourth-order valence-corrected chi connectivity index (χ4v) is 0.359. The van der Waals surface area contributed by atoms with Crippen LogP contribution in [0, 0.1) is 0 Å². The van der Waals surface area contributed by atoms with Gasteiger partial charge in [0.2, 0.25) is 0 Å². The van der Waals surface area contributed by atoms with Crippen LogP contribution in [-0.2, 0) is 0 Å². The highest BCUT2D eigenvalue weighted by molar-refractivity contribution is 4.44. The summed E-state index contributed by atoms with van der Waals surface area (Å²) in [5.41, 5.74) is 7.01. The van der Waals surface area contributed by atoms with Crippen LogP contribution in [0.2, 0.25) is 0 Å². The molecule has 8 heavy (non-hydrogen) atoms. The van der Waals surface area contributed by atoms with Gasteiger partial charge in [0.1, 0.15) is 0 Å². The molecule has 0 fully saturated rings. The van der Waals surface area contributed by atoms with Crippen LogP contribution in [0.5, 0.6) is 0 Å². The van der Waals surface area contributed by atoms with Crippen LogP contribution in [0.3, 0.4) is 0 Å². The molecular weight excluding hydrogens is 100 g/mol. The van der Waals surface area contributed by atoms with Crippen LogP contribution in [-0.4, -0.2) is 12.6 Å². The molecule has 1 radical (unpaired) electrons. The van der Waals surface area contributed by atoms with Gasteiger partial charge in [0.15, 0.2) is 0 Å². The van der Waals surface area contributed by atoms with Crippen LogP contribution >= 0.6 is 0 Å². The number of hydrogen-bond donors (Lipinski definition) is 1. The molecule has 2 nitrogen and oxygen atoms in total. The summed E-state index contributed by atoms with van der Waals surface area (Å²) in [5.74, 6) is 0. The first-order valence-corrected chi connectivity index (χ1v) is 3.19. The maximum atomic E-state index is 4.04. The Morgan fingerprint density at radius 3 is 2.50 bits per heavy atom. The maximum absolute atomic E-state index is 4.04. The molecule has 0 heterocycles. The average molecular weight is 115 g/mol. The Labute approximate surface area is 51.6 Å². The molecule has 0 aromatic heterocycles. The van der Waals surface area contributed by atoms with Crippen molar-refractivity contribution in [2.45, 2.75) is 33.2 Å². The fraction of sp³-hybridized carbons (Fsp3) is 1.00. The second-order valence-corrected chi connectivity index (χ2v) is 2.17. The van der Waals surface area contributed by atoms with Crippen LogP contribution in [0.15, 0.2) is 0 Å². The fourth-order valence-electron chi connectivity index (χ4n) is 0.359. The molecule has 0 bridgehead atoms. The molecule has 0 aliphatic heterocycles. The summed E-state index contributed by atoms with van der Waals surface area (Å²) < 4.78 is 0. The lowest BCUT2D eigenvalue weighted by atomic mass is 10.4. The minimum atomic E-state index is 0.488. The molecule has 0 saturated carbocycles. The van der Waals surface area contributed by atoms with E-state index in [4.69, 9.17) is 0 Å². The van der Waals surface area contributed by atoms with Crippen molar-refractivity contribution in [2.75, 3.05) is 6.54 Å². The Morgan fingerprint density at radius 2 is 2.12 bits per heavy atom. The zero-order chi connectivity index (χ0) is 6.41. The first-order chi connectivity index (χ1) is 3.77. The molecule has 0 atom stereocenters. The minimum absolute atomic E-state index is 0.488. The summed E-state index contributed by atoms with van der Waals surface area (Å²) in [4.78, 5) is 0. The first-order valence-electron chi connectivity index (χ1n) is 3.19. The molecule has 2 heteroatoms. The van der Waals surface area contributed by atoms with Crippen molar-refractivity contribution in [3.8, 4) is 0 Å². The lowest BCUT2D eigenvalue weighted by molar-refractivity contribution is 0.462. The summed E-state index contributed by atoms with van der Waals surface area (Å²) in [6, 6.07) is 0.488. The van der Waals surface area contributed by atoms with Crippen LogP contribution < -0.4 is 10.9 Å². The average Bonchev–Trinajstić information content (AvgIpc) is 1.66. The SMILES string of the molecule is CCC[N]NC(C)C. The Bertz CT molecular complexity index is 43.8. The normalized spacial score (nSPS) is 10.5. The standard InChI is InChI=1S/C6H15N2/c1-4-5-7-8-6(2)3/h6,8H,4-5H2,1-3H3. The first kappa shape index (κ1) is 7.92. The monoisotopic (exact) mass is 115 g/mol. The highest BCUT2D eigenvalue weighted by Gasteiger charge is 1.87. The predicted molar refractivity (Wildman–Crippen MR) is 35.6 cm³/mol. The van der Waals surface area contributed by atoms with Gasteiger partial charge in [0, 0.05) is 12.6 Å². The Hall–Kier alpha value is -0.0800. The zero-order valence-electron chi connectivity index (χ0n) is 5.94. The van der Waals surface area contributed by atoms with Crippen molar-refractivity contribution < 1.29 is 0 Å². The molecular formula is C6H15N2. The third-order valence-corrected chi connectivity index (χ3v) is 0.685. The molecule has 0 aliphatic carbocycles. The van der Waals surface area contributed by atoms with E-state index in [1.807, 2.05) is 0 Å². The third kappa shape index (κ3) is 5.92. The molecule has 0 aromatic carbocycles. The van der Waals surface area contributed by atoms with E-state index < -0.39 is 0 Å². The number of nitrogens with one attached hydrogen (secondary N) is 1. The van der Waals surface area contributed by atoms with Crippen molar-refractivity contribution in [3.63, 3.8) is 0 Å². The summed E-state index contributed by atoms with van der Waals surface area (Å²) in [6.07, 6.45) is 1.12. The Balaban J connectivity index is 2.72. The van der Waals surface area contributed by atoms with Crippen molar-refractivity contribution in [2.24, 2.45) is 0 Å². The Morgan fingerprint density at radius 1 is 1.50 bits per heavy atom. The van der Waals surface area contributed by atoms with Crippen LogP contribution in [0.1, 0.15) is 27.2 Å². The van der Waals surface area contributed by atoms with Gasteiger partial charge in [-0.3, -0.25) is 0 Å². The van der Waals surface area contributed by atoms with Gasteiger partial charge in [0.25, 0.3) is 0 Å². The number of hydrogen-bond acceptors (Lipinski definition) is 1. The lowest BCUT2D eigenvalue weighted by Crippen LogP contribution is -2.31. The maximum Gasteiger partial charge on any atom is 0.0301 e. The van der Waals surface area contributed by atoms with Crippen LogP contribution in [0.4, 0.5) is 0 Å². The quantitative estimate of drug-likeness (QED) is 0.428. The van der Waals surface area contributed by atoms with Gasteiger partial charge in [-0.15, -0.1) is 0 Å². The van der Waals surface area contributed by atoms with Crippen LogP contribution in [0.25, 0.3) is 0 Å². The lowest BCUT2D eigenvalue weighted by Gasteiger charge is -2.04. The van der Waals surface area contributed by atoms with E-state index in [9.17, 15) is 0 Å². The molecule has 0 aromatic rings. The smallest absolute Gasteiger partial charge is 0.0301 e. The summed E-state index contributed by atoms with van der Waals surface area (Å²) in [5, 5.41) is 0. The molecule has 0 unspecified atom stereocenters. The van der Waals surface area contributed by atoms with E-state index in [1.165, 1.54) is 0 Å². The van der Waals surface area contributed by atoms with E-state index in [0.717, 1.165) is 13.0 Å². The predicted octanol–water partition coefficient (Wildman–Crippen LogP) is 0.914. The van der Waals surface area contributed by atoms with Crippen molar-refractivity contribution >= 4 is 0 Å².